The first kappa shape index (κ1) is 29.5. The van der Waals surface area contributed by atoms with E-state index >= 15 is 0 Å². The average molecular weight is 534 g/mol. The van der Waals surface area contributed by atoms with Crippen LogP contribution in [-0.4, -0.2) is 59.4 Å². The largest absolute Gasteiger partial charge is 0.484 e. The quantitative estimate of drug-likeness (QED) is 0.160. The maximum absolute atomic E-state index is 12.7. The number of aldehydes is 1. The molecule has 0 aliphatic carbocycles. The summed E-state index contributed by atoms with van der Waals surface area (Å²) < 4.78 is 9.90. The number of fused-ring (bicyclic) bond motifs is 1. The fraction of sp³-hybridized carbons (Fsp3) is 0.417. The molecule has 1 aromatic carbocycles. The minimum Gasteiger partial charge on any atom is -0.484 e. The first-order chi connectivity index (χ1) is 17.8. The lowest BCUT2D eigenvalue weighted by atomic mass is 10.3. The van der Waals surface area contributed by atoms with Crippen LogP contribution in [0, 0.1) is 0 Å². The number of nitrogens with zero attached hydrogens (tertiary/aromatic N) is 4. The Labute approximate surface area is 220 Å². The highest BCUT2D eigenvalue weighted by atomic mass is 35.5. The molecule has 2 aromatic heterocycles. The summed E-state index contributed by atoms with van der Waals surface area (Å²) in [6.45, 7) is 8.26. The Morgan fingerprint density at radius 1 is 1.24 bits per heavy atom. The summed E-state index contributed by atoms with van der Waals surface area (Å²) in [6, 6.07) is 5.68. The van der Waals surface area contributed by atoms with Gasteiger partial charge in [-0.05, 0) is 40.0 Å². The van der Waals surface area contributed by atoms with E-state index in [0.717, 1.165) is 23.1 Å². The predicted molar refractivity (Wildman–Crippen MR) is 140 cm³/mol. The van der Waals surface area contributed by atoms with Crippen LogP contribution in [0.25, 0.3) is 11.0 Å². The second-order valence-corrected chi connectivity index (χ2v) is 8.03. The molecule has 0 unspecified atom stereocenters. The van der Waals surface area contributed by atoms with Crippen molar-refractivity contribution in [2.75, 3.05) is 32.5 Å². The zero-order valence-electron chi connectivity index (χ0n) is 21.5. The lowest BCUT2D eigenvalue weighted by molar-refractivity contribution is -0.676. The van der Waals surface area contributed by atoms with Crippen molar-refractivity contribution in [3.05, 3.63) is 41.1 Å². The maximum atomic E-state index is 12.7. The number of hydrogen-bond donors (Lipinski definition) is 4. The minimum atomic E-state index is -0.462. The number of aromatic nitrogens is 4. The first-order valence-corrected chi connectivity index (χ1v) is 12.2. The van der Waals surface area contributed by atoms with Crippen molar-refractivity contribution in [3.8, 4) is 5.75 Å². The van der Waals surface area contributed by atoms with E-state index < -0.39 is 5.91 Å². The van der Waals surface area contributed by atoms with Crippen LogP contribution in [0.5, 0.6) is 5.75 Å². The molecule has 200 valence electrons. The molecule has 3 aromatic rings. The summed E-state index contributed by atoms with van der Waals surface area (Å²) in [4.78, 5) is 41.3. The molecule has 13 heteroatoms. The topological polar surface area (TPSA) is 157 Å². The van der Waals surface area contributed by atoms with Crippen molar-refractivity contribution in [2.24, 2.45) is 0 Å². The fourth-order valence-electron chi connectivity index (χ4n) is 3.67. The number of nitrogens with one attached hydrogen (secondary N) is 3. The monoisotopic (exact) mass is 533 g/mol. The molecule has 0 fully saturated rings. The normalized spacial score (nSPS) is 10.4. The van der Waals surface area contributed by atoms with Gasteiger partial charge in [-0.1, -0.05) is 11.6 Å². The van der Waals surface area contributed by atoms with Crippen molar-refractivity contribution in [2.45, 2.75) is 40.4 Å². The predicted octanol–water partition coefficient (Wildman–Crippen LogP) is 0.844. The molecule has 0 spiro atoms. The van der Waals surface area contributed by atoms with Gasteiger partial charge in [-0.3, -0.25) is 9.59 Å². The van der Waals surface area contributed by atoms with E-state index in [1.54, 1.807) is 0 Å². The molecule has 0 bridgehead atoms. The lowest BCUT2D eigenvalue weighted by Gasteiger charge is -2.07. The molecule has 5 N–H and O–H groups in total. The Kier molecular flexibility index (Phi) is 11.7. The zero-order valence-corrected chi connectivity index (χ0v) is 22.3. The number of nitrogen functional groups attached to an aromatic ring is 1. The second kappa shape index (κ2) is 14.7. The van der Waals surface area contributed by atoms with E-state index in [1.165, 1.54) is 13.1 Å². The molecule has 0 saturated heterocycles. The van der Waals surface area contributed by atoms with Crippen molar-refractivity contribution in [3.63, 3.8) is 0 Å². The number of halogens is 1. The number of carbonyl (C=O) groups is 3. The highest BCUT2D eigenvalue weighted by molar-refractivity contribution is 6.29. The van der Waals surface area contributed by atoms with Crippen LogP contribution < -0.4 is 31.0 Å². The van der Waals surface area contributed by atoms with Gasteiger partial charge < -0.3 is 31.2 Å². The molecule has 0 radical (unpaired) electrons. The fourth-order valence-corrected chi connectivity index (χ4v) is 3.81. The van der Waals surface area contributed by atoms with Gasteiger partial charge in [-0.25, -0.2) is 19.1 Å². The number of rotatable bonds is 11. The van der Waals surface area contributed by atoms with Crippen molar-refractivity contribution in [1.82, 2.24) is 30.5 Å². The van der Waals surface area contributed by atoms with E-state index in [9.17, 15) is 9.59 Å². The zero-order chi connectivity index (χ0) is 27.4. The van der Waals surface area contributed by atoms with E-state index in [4.69, 9.17) is 26.9 Å². The average Bonchev–Trinajstić information content (AvgIpc) is 3.19. The molecule has 0 saturated carbocycles. The van der Waals surface area contributed by atoms with Crippen molar-refractivity contribution in [1.29, 1.82) is 0 Å². The Balaban J connectivity index is 0.00000153. The number of benzene rings is 1. The van der Waals surface area contributed by atoms with Gasteiger partial charge in [0.1, 0.15) is 23.7 Å². The summed E-state index contributed by atoms with van der Waals surface area (Å²) in [5, 5.41) is 8.70. The maximum Gasteiger partial charge on any atom is 0.277 e. The summed E-state index contributed by atoms with van der Waals surface area (Å²) in [6.07, 6.45) is 2.04. The van der Waals surface area contributed by atoms with Crippen LogP contribution >= 0.6 is 11.6 Å². The van der Waals surface area contributed by atoms with Crippen LogP contribution in [0.1, 0.15) is 37.1 Å². The molecule has 12 nitrogen and oxygen atoms in total. The van der Waals surface area contributed by atoms with Crippen molar-refractivity contribution < 1.29 is 23.7 Å². The van der Waals surface area contributed by atoms with E-state index in [-0.39, 0.29) is 35.7 Å². The third-order valence-corrected chi connectivity index (χ3v) is 5.43. The van der Waals surface area contributed by atoms with Crippen LogP contribution in [0.4, 0.5) is 5.82 Å². The van der Waals surface area contributed by atoms with E-state index in [1.807, 2.05) is 39.1 Å². The number of imidazole rings is 1. The van der Waals surface area contributed by atoms with Gasteiger partial charge in [0, 0.05) is 19.2 Å². The number of aryl methyl sites for hydroxylation is 2. The number of likely N-dealkylation sites (N-methyl/N-ethyl adjacent to an activating group) is 1. The van der Waals surface area contributed by atoms with E-state index in [0.29, 0.717) is 31.9 Å². The van der Waals surface area contributed by atoms with Crippen LogP contribution in [0.2, 0.25) is 5.15 Å². The standard InChI is InChI=1S/C22H29ClN8O3.C2H4O/c1-4-30-15-7-6-14(34-13-18(32)26-9-8-25-3)10-16(15)31(5-2)19(30)12-28-22(33)20-21(24)27-11-17(23)29-20;1-2-3/h6-7,10-11,25H,4-5,8-9,12-13H2,1-3H3,(H3-,24,26,27,28,32,33);2H,1H3/p+1. The van der Waals surface area contributed by atoms with Gasteiger partial charge in [0.25, 0.3) is 17.6 Å². The van der Waals surface area contributed by atoms with Gasteiger partial charge in [-0.15, -0.1) is 0 Å². The number of ether oxygens (including phenoxy) is 1. The Bertz CT molecular complexity index is 1230. The SMILES string of the molecule is CC=O.CCn1c(CNC(=O)c2nc(Cl)cnc2N)[n+](CC)c2ccc(OCC(=O)NCCNC)cc21. The number of hydrogen-bond acceptors (Lipinski definition) is 8. The Morgan fingerprint density at radius 2 is 1.97 bits per heavy atom. The summed E-state index contributed by atoms with van der Waals surface area (Å²) in [7, 11) is 1.82. The van der Waals surface area contributed by atoms with Crippen LogP contribution in [0.3, 0.4) is 0 Å². The van der Waals surface area contributed by atoms with Gasteiger partial charge in [0.2, 0.25) is 0 Å². The molecule has 3 rings (SSSR count). The first-order valence-electron chi connectivity index (χ1n) is 11.9. The minimum absolute atomic E-state index is 0.0121. The number of amides is 2. The molecule has 0 atom stereocenters. The van der Waals surface area contributed by atoms with Crippen LogP contribution in [-0.2, 0) is 29.2 Å². The molecule has 0 aliphatic heterocycles. The van der Waals surface area contributed by atoms with Crippen LogP contribution in [0.15, 0.2) is 24.4 Å². The highest BCUT2D eigenvalue weighted by Crippen LogP contribution is 2.22. The van der Waals surface area contributed by atoms with Gasteiger partial charge in [0.15, 0.2) is 29.2 Å². The second-order valence-electron chi connectivity index (χ2n) is 7.64. The smallest absolute Gasteiger partial charge is 0.277 e. The third kappa shape index (κ3) is 7.86. The molecule has 2 heterocycles. The molecule has 0 aliphatic rings. The molecular formula is C24H34ClN8O4+. The van der Waals surface area contributed by atoms with E-state index in [2.05, 4.69) is 35.1 Å². The number of carbonyl (C=O) groups excluding carboxylic acids is 3. The summed E-state index contributed by atoms with van der Waals surface area (Å²) in [5.74, 6) is 0.847. The number of anilines is 1. The summed E-state index contributed by atoms with van der Waals surface area (Å²) in [5.41, 5.74) is 7.69. The molecular weight excluding hydrogens is 500 g/mol. The molecule has 2 amide bonds. The highest BCUT2D eigenvalue weighted by Gasteiger charge is 2.25. The summed E-state index contributed by atoms with van der Waals surface area (Å²) >= 11 is 5.86. The Hall–Kier alpha value is -3.77. The molecule has 37 heavy (non-hydrogen) atoms. The van der Waals surface area contributed by atoms with Gasteiger partial charge in [-0.2, -0.15) is 0 Å². The third-order valence-electron chi connectivity index (χ3n) is 5.24. The van der Waals surface area contributed by atoms with Gasteiger partial charge >= 0.3 is 0 Å². The Morgan fingerprint density at radius 3 is 2.62 bits per heavy atom. The lowest BCUT2D eigenvalue weighted by Crippen LogP contribution is -2.40. The van der Waals surface area contributed by atoms with Gasteiger partial charge in [0.05, 0.1) is 19.3 Å². The van der Waals surface area contributed by atoms with Crippen molar-refractivity contribution >= 4 is 46.6 Å². The number of nitrogens with two attached hydrogens (primary N) is 1.